The van der Waals surface area contributed by atoms with Crippen LogP contribution in [-0.4, -0.2) is 16.2 Å². The zero-order valence-corrected chi connectivity index (χ0v) is 7.88. The van der Waals surface area contributed by atoms with Gasteiger partial charge in [0.1, 0.15) is 0 Å². The summed E-state index contributed by atoms with van der Waals surface area (Å²) >= 11 is 0. The molecule has 64 valence electrons. The molecule has 1 aromatic carbocycles. The summed E-state index contributed by atoms with van der Waals surface area (Å²) in [5.74, 6) is 0.634. The van der Waals surface area contributed by atoms with Crippen LogP contribution in [0.25, 0.3) is 6.08 Å². The van der Waals surface area contributed by atoms with Crippen LogP contribution in [0.5, 0.6) is 0 Å². The van der Waals surface area contributed by atoms with Gasteiger partial charge in [0.15, 0.2) is 0 Å². The molecule has 0 aliphatic heterocycles. The lowest BCUT2D eigenvalue weighted by Gasteiger charge is -1.90. The summed E-state index contributed by atoms with van der Waals surface area (Å²) in [7, 11) is -0.726. The minimum atomic E-state index is -0.726. The Hall–Kier alpha value is -0.890. The largest absolute Gasteiger partial charge is 0.260 e. The molecule has 1 rings (SSSR count). The minimum Gasteiger partial charge on any atom is -0.260 e. The maximum atomic E-state index is 10.7. The third-order valence-corrected chi connectivity index (χ3v) is 2.10. The van der Waals surface area contributed by atoms with E-state index < -0.39 is 10.8 Å². The van der Waals surface area contributed by atoms with Crippen molar-refractivity contribution < 1.29 is 4.21 Å². The first-order valence-electron chi connectivity index (χ1n) is 3.80. The molecular weight excluding hydrogens is 168 g/mol. The van der Waals surface area contributed by atoms with E-state index in [2.05, 4.69) is 0 Å². The van der Waals surface area contributed by atoms with Gasteiger partial charge in [0.2, 0.25) is 0 Å². The SMILES string of the molecule is CS(=O)C/C=C/c1ccccc1. The second kappa shape index (κ2) is 4.88. The third-order valence-electron chi connectivity index (χ3n) is 1.44. The molecule has 2 heteroatoms. The monoisotopic (exact) mass is 180 g/mol. The average Bonchev–Trinajstić information content (AvgIpc) is 2.05. The fourth-order valence-corrected chi connectivity index (χ4v) is 1.25. The molecule has 12 heavy (non-hydrogen) atoms. The van der Waals surface area contributed by atoms with Crippen molar-refractivity contribution in [1.29, 1.82) is 0 Å². The summed E-state index contributed by atoms with van der Waals surface area (Å²) in [6.45, 7) is 0. The van der Waals surface area contributed by atoms with Crippen LogP contribution in [0, 0.1) is 0 Å². The Bertz CT molecular complexity index is 277. The maximum Gasteiger partial charge on any atom is 0.0415 e. The van der Waals surface area contributed by atoms with E-state index in [-0.39, 0.29) is 0 Å². The van der Waals surface area contributed by atoms with Crippen LogP contribution >= 0.6 is 0 Å². The predicted molar refractivity (Wildman–Crippen MR) is 54.4 cm³/mol. The predicted octanol–water partition coefficient (Wildman–Crippen LogP) is 2.08. The molecule has 1 unspecified atom stereocenters. The molecule has 1 aromatic rings. The Balaban J connectivity index is 2.52. The van der Waals surface area contributed by atoms with E-state index in [1.807, 2.05) is 42.5 Å². The van der Waals surface area contributed by atoms with Gasteiger partial charge in [-0.2, -0.15) is 0 Å². The Morgan fingerprint density at radius 1 is 1.33 bits per heavy atom. The highest BCUT2D eigenvalue weighted by molar-refractivity contribution is 7.84. The smallest absolute Gasteiger partial charge is 0.0415 e. The van der Waals surface area contributed by atoms with E-state index >= 15 is 0 Å². The Morgan fingerprint density at radius 2 is 2.00 bits per heavy atom. The molecule has 0 spiro atoms. The zero-order chi connectivity index (χ0) is 8.81. The van der Waals surface area contributed by atoms with Gasteiger partial charge in [-0.15, -0.1) is 0 Å². The van der Waals surface area contributed by atoms with Crippen LogP contribution < -0.4 is 0 Å². The Morgan fingerprint density at radius 3 is 2.58 bits per heavy atom. The van der Waals surface area contributed by atoms with E-state index in [1.165, 1.54) is 0 Å². The van der Waals surface area contributed by atoms with Crippen LogP contribution in [0.4, 0.5) is 0 Å². The van der Waals surface area contributed by atoms with Crippen LogP contribution in [0.3, 0.4) is 0 Å². The summed E-state index contributed by atoms with van der Waals surface area (Å²) in [6.07, 6.45) is 5.63. The van der Waals surface area contributed by atoms with Crippen molar-refractivity contribution in [3.8, 4) is 0 Å². The molecule has 0 radical (unpaired) electrons. The molecule has 0 bridgehead atoms. The lowest BCUT2D eigenvalue weighted by Crippen LogP contribution is -1.87. The van der Waals surface area contributed by atoms with E-state index in [1.54, 1.807) is 6.26 Å². The van der Waals surface area contributed by atoms with Crippen molar-refractivity contribution in [3.05, 3.63) is 42.0 Å². The van der Waals surface area contributed by atoms with Crippen LogP contribution in [0.2, 0.25) is 0 Å². The van der Waals surface area contributed by atoms with Crippen molar-refractivity contribution in [2.45, 2.75) is 0 Å². The molecule has 0 aromatic heterocycles. The molecule has 0 aliphatic rings. The van der Waals surface area contributed by atoms with Gasteiger partial charge in [0.05, 0.1) is 0 Å². The molecule has 0 saturated heterocycles. The maximum absolute atomic E-state index is 10.7. The van der Waals surface area contributed by atoms with Crippen molar-refractivity contribution in [2.75, 3.05) is 12.0 Å². The molecule has 0 amide bonds. The Labute approximate surface area is 75.6 Å². The van der Waals surface area contributed by atoms with Gasteiger partial charge < -0.3 is 0 Å². The second-order valence-electron chi connectivity index (χ2n) is 2.55. The standard InChI is InChI=1S/C10H12OS/c1-12(11)9-5-8-10-6-3-2-4-7-10/h2-8H,9H2,1H3/b8-5+. The highest BCUT2D eigenvalue weighted by Crippen LogP contribution is 2.00. The van der Waals surface area contributed by atoms with Crippen molar-refractivity contribution in [1.82, 2.24) is 0 Å². The summed E-state index contributed by atoms with van der Waals surface area (Å²) in [6, 6.07) is 10.0. The highest BCUT2D eigenvalue weighted by Gasteiger charge is 1.84. The van der Waals surface area contributed by atoms with Crippen molar-refractivity contribution in [2.24, 2.45) is 0 Å². The molecule has 0 fully saturated rings. The van der Waals surface area contributed by atoms with E-state index in [0.29, 0.717) is 5.75 Å². The normalized spacial score (nSPS) is 13.4. The first-order valence-corrected chi connectivity index (χ1v) is 5.53. The summed E-state index contributed by atoms with van der Waals surface area (Å²) in [5.41, 5.74) is 1.16. The minimum absolute atomic E-state index is 0.634. The Kier molecular flexibility index (Phi) is 3.74. The summed E-state index contributed by atoms with van der Waals surface area (Å²) < 4.78 is 10.7. The van der Waals surface area contributed by atoms with E-state index in [4.69, 9.17) is 0 Å². The first-order chi connectivity index (χ1) is 5.79. The van der Waals surface area contributed by atoms with Gasteiger partial charge in [0.25, 0.3) is 0 Å². The fourth-order valence-electron chi connectivity index (χ4n) is 0.884. The quantitative estimate of drug-likeness (QED) is 0.696. The lowest BCUT2D eigenvalue weighted by molar-refractivity contribution is 0.688. The van der Waals surface area contributed by atoms with Crippen LogP contribution in [0.1, 0.15) is 5.56 Å². The zero-order valence-electron chi connectivity index (χ0n) is 7.07. The summed E-state index contributed by atoms with van der Waals surface area (Å²) in [4.78, 5) is 0. The van der Waals surface area contributed by atoms with E-state index in [0.717, 1.165) is 5.56 Å². The summed E-state index contributed by atoms with van der Waals surface area (Å²) in [5, 5.41) is 0. The van der Waals surface area contributed by atoms with E-state index in [9.17, 15) is 4.21 Å². The van der Waals surface area contributed by atoms with Gasteiger partial charge >= 0.3 is 0 Å². The average molecular weight is 180 g/mol. The van der Waals surface area contributed by atoms with Crippen LogP contribution in [-0.2, 0) is 10.8 Å². The fraction of sp³-hybridized carbons (Fsp3) is 0.200. The third kappa shape index (κ3) is 3.49. The van der Waals surface area contributed by atoms with Crippen molar-refractivity contribution in [3.63, 3.8) is 0 Å². The molecule has 0 N–H and O–H groups in total. The van der Waals surface area contributed by atoms with Gasteiger partial charge in [-0.3, -0.25) is 4.21 Å². The highest BCUT2D eigenvalue weighted by atomic mass is 32.2. The molecule has 0 saturated carbocycles. The number of benzene rings is 1. The van der Waals surface area contributed by atoms with Gasteiger partial charge in [-0.1, -0.05) is 42.5 Å². The molecule has 0 heterocycles. The molecule has 0 aliphatic carbocycles. The van der Waals surface area contributed by atoms with Gasteiger partial charge in [-0.25, -0.2) is 0 Å². The number of rotatable bonds is 3. The van der Waals surface area contributed by atoms with Crippen molar-refractivity contribution >= 4 is 16.9 Å². The number of hydrogen-bond acceptors (Lipinski definition) is 1. The number of hydrogen-bond donors (Lipinski definition) is 0. The van der Waals surface area contributed by atoms with Crippen LogP contribution in [0.15, 0.2) is 36.4 Å². The second-order valence-corrected chi connectivity index (χ2v) is 4.03. The molecule has 1 atom stereocenters. The van der Waals surface area contributed by atoms with Gasteiger partial charge in [-0.05, 0) is 5.56 Å². The van der Waals surface area contributed by atoms with Gasteiger partial charge in [0, 0.05) is 22.8 Å². The first kappa shape index (κ1) is 9.20. The lowest BCUT2D eigenvalue weighted by atomic mass is 10.2. The molecule has 1 nitrogen and oxygen atoms in total. The molecular formula is C10H12OS. The topological polar surface area (TPSA) is 17.1 Å².